The second-order valence-corrected chi connectivity index (χ2v) is 7.64. The minimum Gasteiger partial charge on any atom is -0.455 e. The van der Waals surface area contributed by atoms with Gasteiger partial charge in [-0.1, -0.05) is 37.6 Å². The molecule has 0 saturated carbocycles. The molecule has 0 bridgehead atoms. The van der Waals surface area contributed by atoms with Crippen molar-refractivity contribution in [1.29, 1.82) is 0 Å². The van der Waals surface area contributed by atoms with Crippen molar-refractivity contribution in [3.63, 3.8) is 0 Å². The van der Waals surface area contributed by atoms with Gasteiger partial charge in [-0.05, 0) is 47.9 Å². The van der Waals surface area contributed by atoms with Crippen molar-refractivity contribution in [3.8, 4) is 0 Å². The van der Waals surface area contributed by atoms with E-state index in [0.717, 1.165) is 5.56 Å². The molecule has 0 fully saturated rings. The second-order valence-electron chi connectivity index (χ2n) is 7.21. The van der Waals surface area contributed by atoms with E-state index in [1.165, 1.54) is 4.90 Å². The Hall–Kier alpha value is -2.86. The van der Waals surface area contributed by atoms with Gasteiger partial charge in [0.05, 0.1) is 5.92 Å². The summed E-state index contributed by atoms with van der Waals surface area (Å²) >= 11 is 5.91. The van der Waals surface area contributed by atoms with Gasteiger partial charge in [0.15, 0.2) is 6.61 Å². The van der Waals surface area contributed by atoms with Gasteiger partial charge >= 0.3 is 5.97 Å². The summed E-state index contributed by atoms with van der Waals surface area (Å²) in [5.41, 5.74) is 1.82. The molecular formula is C22H25ClN2O4. The van der Waals surface area contributed by atoms with Gasteiger partial charge < -0.3 is 15.0 Å². The van der Waals surface area contributed by atoms with Crippen LogP contribution in [0.3, 0.4) is 0 Å². The Bertz CT molecular complexity index is 861. The maximum Gasteiger partial charge on any atom is 0.314 e. The van der Waals surface area contributed by atoms with Crippen molar-refractivity contribution in [2.24, 2.45) is 5.92 Å². The fraction of sp³-hybridized carbons (Fsp3) is 0.318. The molecule has 0 spiro atoms. The van der Waals surface area contributed by atoms with Gasteiger partial charge in [-0.3, -0.25) is 14.4 Å². The van der Waals surface area contributed by atoms with Gasteiger partial charge in [0.2, 0.25) is 0 Å². The smallest absolute Gasteiger partial charge is 0.314 e. The van der Waals surface area contributed by atoms with Gasteiger partial charge in [0.25, 0.3) is 11.8 Å². The number of nitrogens with zero attached hydrogens (tertiary/aromatic N) is 1. The monoisotopic (exact) mass is 416 g/mol. The predicted octanol–water partition coefficient (Wildman–Crippen LogP) is 3.96. The average Bonchev–Trinajstić information content (AvgIpc) is 2.68. The molecule has 7 heteroatoms. The highest BCUT2D eigenvalue weighted by Crippen LogP contribution is 2.27. The van der Waals surface area contributed by atoms with E-state index in [-0.39, 0.29) is 11.8 Å². The average molecular weight is 417 g/mol. The van der Waals surface area contributed by atoms with E-state index >= 15 is 0 Å². The summed E-state index contributed by atoms with van der Waals surface area (Å²) in [6, 6.07) is 13.5. The quantitative estimate of drug-likeness (QED) is 0.693. The molecule has 2 aromatic rings. The van der Waals surface area contributed by atoms with Crippen LogP contribution in [0.1, 0.15) is 35.7 Å². The molecule has 0 unspecified atom stereocenters. The van der Waals surface area contributed by atoms with Crippen molar-refractivity contribution in [3.05, 3.63) is 64.7 Å². The van der Waals surface area contributed by atoms with E-state index in [2.05, 4.69) is 5.32 Å². The van der Waals surface area contributed by atoms with Crippen LogP contribution in [-0.2, 0) is 14.3 Å². The van der Waals surface area contributed by atoms with Gasteiger partial charge in [-0.15, -0.1) is 0 Å². The summed E-state index contributed by atoms with van der Waals surface area (Å²) < 4.78 is 5.23. The Morgan fingerprint density at radius 2 is 1.59 bits per heavy atom. The third kappa shape index (κ3) is 6.32. The number of carbonyl (C=O) groups is 3. The molecule has 154 valence electrons. The van der Waals surface area contributed by atoms with Crippen LogP contribution in [0.25, 0.3) is 0 Å². The molecule has 6 nitrogen and oxygen atoms in total. The van der Waals surface area contributed by atoms with Gasteiger partial charge in [-0.2, -0.15) is 0 Å². The van der Waals surface area contributed by atoms with Crippen molar-refractivity contribution in [2.75, 3.05) is 26.0 Å². The Kier molecular flexibility index (Phi) is 7.79. The third-order valence-electron chi connectivity index (χ3n) is 4.32. The van der Waals surface area contributed by atoms with Crippen molar-refractivity contribution in [2.45, 2.75) is 19.8 Å². The highest BCUT2D eigenvalue weighted by Gasteiger charge is 2.26. The first-order chi connectivity index (χ1) is 13.7. The van der Waals surface area contributed by atoms with Crippen molar-refractivity contribution in [1.82, 2.24) is 4.90 Å². The third-order valence-corrected chi connectivity index (χ3v) is 4.57. The second kappa shape index (κ2) is 10.1. The van der Waals surface area contributed by atoms with Gasteiger partial charge in [-0.25, -0.2) is 0 Å². The van der Waals surface area contributed by atoms with E-state index in [0.29, 0.717) is 16.3 Å². The van der Waals surface area contributed by atoms with E-state index < -0.39 is 24.4 Å². The zero-order valence-electron chi connectivity index (χ0n) is 16.9. The zero-order chi connectivity index (χ0) is 21.6. The zero-order valence-corrected chi connectivity index (χ0v) is 17.7. The molecule has 1 N–H and O–H groups in total. The Balaban J connectivity index is 1.94. The lowest BCUT2D eigenvalue weighted by Gasteiger charge is -2.20. The number of rotatable bonds is 7. The number of esters is 1. The first-order valence-corrected chi connectivity index (χ1v) is 9.60. The minimum absolute atomic E-state index is 0.00600. The molecule has 2 aromatic carbocycles. The number of hydrogen-bond acceptors (Lipinski definition) is 4. The first kappa shape index (κ1) is 22.4. The number of halogens is 1. The lowest BCUT2D eigenvalue weighted by Crippen LogP contribution is -2.26. The standard InChI is InChI=1S/C22H25ClN2O4/c1-14(2)20(15-5-9-17(23)10-6-15)22(28)29-13-19(26)24-18-11-7-16(8-12-18)21(27)25(3)4/h5-12,14,20H,13H2,1-4H3,(H,24,26)/t20-/m1/s1. The Labute approximate surface area is 175 Å². The van der Waals surface area contributed by atoms with Crippen LogP contribution in [-0.4, -0.2) is 43.4 Å². The maximum atomic E-state index is 12.5. The number of benzene rings is 2. The summed E-state index contributed by atoms with van der Waals surface area (Å²) in [6.45, 7) is 3.43. The van der Waals surface area contributed by atoms with Crippen LogP contribution in [0.4, 0.5) is 5.69 Å². The molecule has 0 aliphatic carbocycles. The summed E-state index contributed by atoms with van der Waals surface area (Å²) in [4.78, 5) is 38.0. The predicted molar refractivity (Wildman–Crippen MR) is 113 cm³/mol. The van der Waals surface area contributed by atoms with Crippen molar-refractivity contribution < 1.29 is 19.1 Å². The van der Waals surface area contributed by atoms with Crippen LogP contribution in [0.15, 0.2) is 48.5 Å². The molecule has 0 aromatic heterocycles. The summed E-state index contributed by atoms with van der Waals surface area (Å²) in [7, 11) is 3.33. The first-order valence-electron chi connectivity index (χ1n) is 9.22. The summed E-state index contributed by atoms with van der Waals surface area (Å²) in [5, 5.41) is 3.23. The van der Waals surface area contributed by atoms with Crippen LogP contribution >= 0.6 is 11.6 Å². The molecule has 2 amide bonds. The number of ether oxygens (including phenoxy) is 1. The molecule has 0 aliphatic rings. The topological polar surface area (TPSA) is 75.7 Å². The van der Waals surface area contributed by atoms with Crippen LogP contribution in [0, 0.1) is 5.92 Å². The molecule has 1 atom stereocenters. The van der Waals surface area contributed by atoms with E-state index in [1.807, 2.05) is 13.8 Å². The molecule has 0 saturated heterocycles. The van der Waals surface area contributed by atoms with Gasteiger partial charge in [0, 0.05) is 30.4 Å². The highest BCUT2D eigenvalue weighted by atomic mass is 35.5. The fourth-order valence-corrected chi connectivity index (χ4v) is 2.97. The van der Waals surface area contributed by atoms with Crippen LogP contribution in [0.2, 0.25) is 5.02 Å². The Morgan fingerprint density at radius 3 is 2.10 bits per heavy atom. The molecule has 0 radical (unpaired) electrons. The lowest BCUT2D eigenvalue weighted by atomic mass is 9.88. The van der Waals surface area contributed by atoms with Crippen LogP contribution < -0.4 is 5.32 Å². The van der Waals surface area contributed by atoms with Crippen molar-refractivity contribution >= 4 is 35.1 Å². The molecule has 29 heavy (non-hydrogen) atoms. The van der Waals surface area contributed by atoms with E-state index in [9.17, 15) is 14.4 Å². The number of hydrogen-bond donors (Lipinski definition) is 1. The lowest BCUT2D eigenvalue weighted by molar-refractivity contribution is -0.149. The number of amides is 2. The number of carbonyl (C=O) groups excluding carboxylic acids is 3. The molecule has 0 heterocycles. The fourth-order valence-electron chi connectivity index (χ4n) is 2.84. The highest BCUT2D eigenvalue weighted by molar-refractivity contribution is 6.30. The maximum absolute atomic E-state index is 12.5. The largest absolute Gasteiger partial charge is 0.455 e. The van der Waals surface area contributed by atoms with Crippen LogP contribution in [0.5, 0.6) is 0 Å². The summed E-state index contributed by atoms with van der Waals surface area (Å²) in [6.07, 6.45) is 0. The minimum atomic E-state index is -0.489. The number of anilines is 1. The summed E-state index contributed by atoms with van der Waals surface area (Å²) in [5.74, 6) is -1.54. The number of nitrogens with one attached hydrogen (secondary N) is 1. The molecule has 0 aliphatic heterocycles. The molecular weight excluding hydrogens is 392 g/mol. The SMILES string of the molecule is CC(C)[C@@H](C(=O)OCC(=O)Nc1ccc(C(=O)N(C)C)cc1)c1ccc(Cl)cc1. The molecule has 2 rings (SSSR count). The normalized spacial score (nSPS) is 11.7. The van der Waals surface area contributed by atoms with Gasteiger partial charge in [0.1, 0.15) is 0 Å². The van der Waals surface area contributed by atoms with E-state index in [4.69, 9.17) is 16.3 Å². The Morgan fingerprint density at radius 1 is 1.00 bits per heavy atom. The van der Waals surface area contributed by atoms with E-state index in [1.54, 1.807) is 62.6 Å².